The van der Waals surface area contributed by atoms with E-state index in [0.29, 0.717) is 11.3 Å². The van der Waals surface area contributed by atoms with Crippen LogP contribution in [-0.4, -0.2) is 19.9 Å². The number of rotatable bonds is 3. The number of benzene rings is 2. The summed E-state index contributed by atoms with van der Waals surface area (Å²) in [7, 11) is 0. The predicted molar refractivity (Wildman–Crippen MR) is 97.6 cm³/mol. The molecule has 4 rings (SSSR count). The van der Waals surface area contributed by atoms with Crippen molar-refractivity contribution in [2.45, 2.75) is 13.5 Å². The van der Waals surface area contributed by atoms with Crippen molar-refractivity contribution < 1.29 is 18.3 Å². The highest BCUT2D eigenvalue weighted by molar-refractivity contribution is 5.84. The maximum Gasteiger partial charge on any atom is 0.235 e. The molecule has 0 atom stereocenters. The van der Waals surface area contributed by atoms with Crippen LogP contribution < -0.4 is 5.43 Å². The molecule has 28 heavy (non-hydrogen) atoms. The van der Waals surface area contributed by atoms with E-state index in [1.165, 1.54) is 22.9 Å². The molecule has 0 unspecified atom stereocenters. The fourth-order valence-electron chi connectivity index (χ4n) is 3.18. The molecule has 5 nitrogen and oxygen atoms in total. The highest BCUT2D eigenvalue weighted by atomic mass is 19.1. The van der Waals surface area contributed by atoms with E-state index in [0.717, 1.165) is 12.1 Å². The number of aromatic amines is 1. The summed E-state index contributed by atoms with van der Waals surface area (Å²) >= 11 is 0. The van der Waals surface area contributed by atoms with E-state index in [4.69, 9.17) is 0 Å². The Labute approximate surface area is 156 Å². The molecule has 8 heteroatoms. The maximum atomic E-state index is 14.2. The second-order valence-corrected chi connectivity index (χ2v) is 6.37. The first-order valence-corrected chi connectivity index (χ1v) is 8.38. The fraction of sp³-hybridized carbons (Fsp3) is 0.100. The zero-order valence-corrected chi connectivity index (χ0v) is 14.6. The highest BCUT2D eigenvalue weighted by Gasteiger charge is 2.22. The van der Waals surface area contributed by atoms with Crippen LogP contribution >= 0.6 is 0 Å². The molecule has 0 fully saturated rings. The summed E-state index contributed by atoms with van der Waals surface area (Å²) in [4.78, 5) is 15.4. The van der Waals surface area contributed by atoms with Crippen molar-refractivity contribution in [2.24, 2.45) is 0 Å². The summed E-state index contributed by atoms with van der Waals surface area (Å²) in [5, 5.41) is 14.7. The van der Waals surface area contributed by atoms with Gasteiger partial charge in [0.1, 0.15) is 23.1 Å². The molecule has 0 amide bonds. The lowest BCUT2D eigenvalue weighted by Crippen LogP contribution is -2.09. The Morgan fingerprint density at radius 2 is 1.71 bits per heavy atom. The van der Waals surface area contributed by atoms with E-state index in [2.05, 4.69) is 10.1 Å². The van der Waals surface area contributed by atoms with Crippen molar-refractivity contribution in [3.8, 4) is 17.0 Å². The molecular formula is C20H14F3N3O2. The minimum atomic E-state index is -0.924. The summed E-state index contributed by atoms with van der Waals surface area (Å²) < 4.78 is 43.0. The quantitative estimate of drug-likeness (QED) is 0.562. The van der Waals surface area contributed by atoms with Crippen molar-refractivity contribution in [3.05, 3.63) is 81.4 Å². The van der Waals surface area contributed by atoms with Crippen LogP contribution in [0.25, 0.3) is 22.3 Å². The standard InChI is InChI=1S/C20H14F3N3O2/c1-10-15-18(27)19(28)17(16-13(22)3-2-4-14(16)23)24-20(15)26(25-10)9-11-5-7-12(21)8-6-11/h2-8,28H,9H2,1H3,(H,24,27). The number of halogens is 3. The highest BCUT2D eigenvalue weighted by Crippen LogP contribution is 2.31. The minimum Gasteiger partial charge on any atom is -0.503 e. The first-order chi connectivity index (χ1) is 13.4. The Bertz CT molecular complexity index is 1240. The molecule has 0 saturated carbocycles. The summed E-state index contributed by atoms with van der Waals surface area (Å²) in [6, 6.07) is 8.96. The van der Waals surface area contributed by atoms with Crippen LogP contribution in [0.3, 0.4) is 0 Å². The van der Waals surface area contributed by atoms with Crippen LogP contribution in [0.2, 0.25) is 0 Å². The molecule has 2 aromatic carbocycles. The first kappa shape index (κ1) is 17.8. The number of aryl methyl sites for hydroxylation is 1. The number of nitrogens with zero attached hydrogens (tertiary/aromatic N) is 2. The molecule has 0 bridgehead atoms. The molecule has 0 saturated heterocycles. The zero-order valence-electron chi connectivity index (χ0n) is 14.6. The molecule has 2 heterocycles. The van der Waals surface area contributed by atoms with Gasteiger partial charge < -0.3 is 10.1 Å². The molecule has 0 aliphatic heterocycles. The molecule has 2 N–H and O–H groups in total. The lowest BCUT2D eigenvalue weighted by atomic mass is 10.1. The molecule has 0 radical (unpaired) electrons. The van der Waals surface area contributed by atoms with Gasteiger partial charge in [-0.05, 0) is 36.8 Å². The Morgan fingerprint density at radius 1 is 1.07 bits per heavy atom. The van der Waals surface area contributed by atoms with Gasteiger partial charge in [-0.1, -0.05) is 18.2 Å². The molecule has 2 aromatic heterocycles. The van der Waals surface area contributed by atoms with Crippen LogP contribution in [0.4, 0.5) is 13.2 Å². The predicted octanol–water partition coefficient (Wildman–Crippen LogP) is 3.87. The fourth-order valence-corrected chi connectivity index (χ4v) is 3.18. The largest absolute Gasteiger partial charge is 0.503 e. The van der Waals surface area contributed by atoms with Crippen molar-refractivity contribution in [3.63, 3.8) is 0 Å². The van der Waals surface area contributed by atoms with Crippen molar-refractivity contribution in [2.75, 3.05) is 0 Å². The number of aromatic nitrogens is 3. The molecule has 0 aliphatic rings. The van der Waals surface area contributed by atoms with E-state index in [1.54, 1.807) is 19.1 Å². The zero-order chi connectivity index (χ0) is 20.0. The Morgan fingerprint density at radius 3 is 2.36 bits per heavy atom. The van der Waals surface area contributed by atoms with Gasteiger partial charge in [-0.25, -0.2) is 17.9 Å². The average molecular weight is 385 g/mol. The van der Waals surface area contributed by atoms with Crippen LogP contribution in [-0.2, 0) is 6.54 Å². The number of H-pyrrole nitrogens is 1. The van der Waals surface area contributed by atoms with E-state index in [1.807, 2.05) is 0 Å². The van der Waals surface area contributed by atoms with Crippen molar-refractivity contribution in [1.29, 1.82) is 0 Å². The van der Waals surface area contributed by atoms with Gasteiger partial charge >= 0.3 is 0 Å². The number of pyridine rings is 1. The second-order valence-electron chi connectivity index (χ2n) is 6.37. The maximum absolute atomic E-state index is 14.2. The van der Waals surface area contributed by atoms with Crippen LogP contribution in [0.15, 0.2) is 47.3 Å². The number of fused-ring (bicyclic) bond motifs is 1. The number of hydrogen-bond donors (Lipinski definition) is 2. The third-order valence-electron chi connectivity index (χ3n) is 4.51. The Hall–Kier alpha value is -3.55. The monoisotopic (exact) mass is 385 g/mol. The third kappa shape index (κ3) is 2.83. The van der Waals surface area contributed by atoms with Gasteiger partial charge in [-0.15, -0.1) is 0 Å². The van der Waals surface area contributed by atoms with Gasteiger partial charge in [-0.3, -0.25) is 4.79 Å². The lowest BCUT2D eigenvalue weighted by molar-refractivity contribution is 0.469. The van der Waals surface area contributed by atoms with Crippen molar-refractivity contribution >= 4 is 11.0 Å². The first-order valence-electron chi connectivity index (χ1n) is 8.38. The number of nitrogens with one attached hydrogen (secondary N) is 1. The van der Waals surface area contributed by atoms with Gasteiger partial charge in [0.2, 0.25) is 5.43 Å². The van der Waals surface area contributed by atoms with Gasteiger partial charge in [0.25, 0.3) is 0 Å². The molecule has 0 aliphatic carbocycles. The molecule has 0 spiro atoms. The normalized spacial score (nSPS) is 11.3. The SMILES string of the molecule is Cc1nn(Cc2ccc(F)cc2)c2[nH]c(-c3c(F)cccc3F)c(O)c(=O)c12. The van der Waals surface area contributed by atoms with Crippen LogP contribution in [0.1, 0.15) is 11.3 Å². The molecular weight excluding hydrogens is 371 g/mol. The second kappa shape index (κ2) is 6.56. The number of aromatic hydroxyl groups is 1. The summed E-state index contributed by atoms with van der Waals surface area (Å²) in [6.07, 6.45) is 0. The Balaban J connectivity index is 1.96. The van der Waals surface area contributed by atoms with Crippen LogP contribution in [0.5, 0.6) is 5.75 Å². The summed E-state index contributed by atoms with van der Waals surface area (Å²) in [5.41, 5.74) is -0.441. The van der Waals surface area contributed by atoms with E-state index < -0.39 is 28.4 Å². The van der Waals surface area contributed by atoms with Gasteiger partial charge in [0.05, 0.1) is 28.9 Å². The Kier molecular flexibility index (Phi) is 4.18. The third-order valence-corrected chi connectivity index (χ3v) is 4.51. The lowest BCUT2D eigenvalue weighted by Gasteiger charge is -2.10. The molecule has 142 valence electrons. The van der Waals surface area contributed by atoms with E-state index in [9.17, 15) is 23.1 Å². The van der Waals surface area contributed by atoms with Crippen LogP contribution in [0, 0.1) is 24.4 Å². The molecule has 4 aromatic rings. The average Bonchev–Trinajstić information content (AvgIpc) is 2.96. The van der Waals surface area contributed by atoms with E-state index in [-0.39, 0.29) is 29.1 Å². The minimum absolute atomic E-state index is 0.111. The van der Waals surface area contributed by atoms with E-state index >= 15 is 0 Å². The van der Waals surface area contributed by atoms with Gasteiger partial charge in [-0.2, -0.15) is 5.10 Å². The number of hydrogen-bond acceptors (Lipinski definition) is 3. The van der Waals surface area contributed by atoms with Gasteiger partial charge in [0.15, 0.2) is 5.75 Å². The summed E-state index contributed by atoms with van der Waals surface area (Å²) in [5.74, 6) is -3.03. The smallest absolute Gasteiger partial charge is 0.235 e. The topological polar surface area (TPSA) is 70.9 Å². The summed E-state index contributed by atoms with van der Waals surface area (Å²) in [6.45, 7) is 1.77. The van der Waals surface area contributed by atoms with Gasteiger partial charge in [0, 0.05) is 0 Å². The van der Waals surface area contributed by atoms with Crippen molar-refractivity contribution in [1.82, 2.24) is 14.8 Å².